The van der Waals surface area contributed by atoms with Crippen molar-refractivity contribution >= 4 is 36.4 Å². The molecule has 1 aliphatic heterocycles. The van der Waals surface area contributed by atoms with E-state index in [-0.39, 0.29) is 26.9 Å². The second-order valence-corrected chi connectivity index (χ2v) is 15.5. The van der Waals surface area contributed by atoms with Gasteiger partial charge in [-0.3, -0.25) is 18.2 Å². The van der Waals surface area contributed by atoms with Crippen molar-refractivity contribution in [3.63, 3.8) is 0 Å². The topological polar surface area (TPSA) is 95.2 Å². The van der Waals surface area contributed by atoms with Gasteiger partial charge in [-0.2, -0.15) is 4.58 Å². The molecule has 0 amide bonds. The summed E-state index contributed by atoms with van der Waals surface area (Å²) in [5, 5.41) is 11.1. The SMILES string of the molecule is CCCCCCCCCCCC[N+]1=C(C=c2c(=O)c(=c3ccc(=C(c4ccc(C)[nH]4)c4ccc(C)n4B(F)F)cc3)c2=O)C(C)(C)c2cc(C(=O)O)ccc21. The lowest BCUT2D eigenvalue weighted by molar-refractivity contribution is -0.437. The summed E-state index contributed by atoms with van der Waals surface area (Å²) in [5.41, 5.74) is 4.30. The Balaban J connectivity index is 1.37. The van der Waals surface area contributed by atoms with Crippen LogP contribution < -0.4 is 21.3 Å². The monoisotopic (exact) mass is 746 g/mol. The number of aromatic carboxylic acids is 1. The van der Waals surface area contributed by atoms with Crippen LogP contribution in [-0.4, -0.2) is 44.8 Å². The van der Waals surface area contributed by atoms with Crippen LogP contribution in [-0.2, 0) is 5.41 Å². The van der Waals surface area contributed by atoms with Gasteiger partial charge in [-0.25, -0.2) is 4.79 Å². The third kappa shape index (κ3) is 8.00. The average molecular weight is 747 g/mol. The molecule has 0 fully saturated rings. The van der Waals surface area contributed by atoms with Crippen molar-refractivity contribution in [1.29, 1.82) is 0 Å². The van der Waals surface area contributed by atoms with Crippen molar-refractivity contribution in [3.8, 4) is 0 Å². The van der Waals surface area contributed by atoms with Gasteiger partial charge < -0.3 is 14.6 Å². The zero-order valence-corrected chi connectivity index (χ0v) is 32.6. The lowest BCUT2D eigenvalue weighted by Gasteiger charge is -2.16. The number of fused-ring (bicyclic) bond motifs is 1. The fraction of sp³-hybridized carbons (Fsp3) is 0.378. The largest absolute Gasteiger partial charge is 0.677 e. The minimum Gasteiger partial charge on any atom is -0.478 e. The highest BCUT2D eigenvalue weighted by molar-refractivity contribution is 6.41. The van der Waals surface area contributed by atoms with Crippen LogP contribution in [0.4, 0.5) is 14.3 Å². The number of aromatic amines is 1. The first-order valence-corrected chi connectivity index (χ1v) is 19.7. The molecule has 0 saturated carbocycles. The Bertz CT molecular complexity index is 2500. The van der Waals surface area contributed by atoms with Crippen LogP contribution in [0.3, 0.4) is 0 Å². The standard InChI is InChI=1S/C45H50BF2N3O4/c1-6-7-8-9-10-11-12-13-14-15-26-50-37-25-22-33(44(54)55)27-35(37)45(4,5)39(50)28-34-42(52)41(43(34)53)32-20-18-31(19-21-32)40(36-23-16-29(2)49-36)38-24-17-30(3)51(38)46(47)48/h16-25,27-28H,6-15,26H2,1-5H3,(H-,49,52,53,54,55)/p+1. The van der Waals surface area contributed by atoms with Gasteiger partial charge in [0.1, 0.15) is 6.54 Å². The van der Waals surface area contributed by atoms with Crippen molar-refractivity contribution in [2.24, 2.45) is 0 Å². The number of benzene rings is 2. The van der Waals surface area contributed by atoms with Crippen LogP contribution in [0.1, 0.15) is 124 Å². The smallest absolute Gasteiger partial charge is 0.478 e. The number of nitrogens with one attached hydrogen (secondary N) is 1. The summed E-state index contributed by atoms with van der Waals surface area (Å²) in [5.74, 6) is -1.01. The predicted molar refractivity (Wildman–Crippen MR) is 217 cm³/mol. The van der Waals surface area contributed by atoms with Crippen LogP contribution >= 0.6 is 0 Å². The molecule has 6 rings (SSSR count). The summed E-state index contributed by atoms with van der Waals surface area (Å²) < 4.78 is 31.5. The van der Waals surface area contributed by atoms with E-state index in [0.29, 0.717) is 39.6 Å². The molecule has 0 radical (unpaired) electrons. The van der Waals surface area contributed by atoms with Gasteiger partial charge >= 0.3 is 13.4 Å². The summed E-state index contributed by atoms with van der Waals surface area (Å²) >= 11 is 0. The van der Waals surface area contributed by atoms with E-state index in [2.05, 4.69) is 16.5 Å². The molecule has 0 saturated heterocycles. The molecule has 1 aliphatic rings. The van der Waals surface area contributed by atoms with Gasteiger partial charge in [0.15, 0.2) is 5.71 Å². The van der Waals surface area contributed by atoms with E-state index in [9.17, 15) is 28.1 Å². The fourth-order valence-electron chi connectivity index (χ4n) is 8.12. The molecule has 10 heteroatoms. The average Bonchev–Trinajstić information content (AvgIpc) is 3.82. The number of halogens is 2. The Kier molecular flexibility index (Phi) is 12.0. The molecule has 2 N–H and O–H groups in total. The maximum Gasteiger partial charge on any atom is 0.677 e. The summed E-state index contributed by atoms with van der Waals surface area (Å²) in [7, 11) is -2.73. The van der Waals surface area contributed by atoms with Crippen LogP contribution in [0, 0.1) is 24.3 Å². The molecule has 0 atom stereocenters. The maximum absolute atomic E-state index is 14.2. The second kappa shape index (κ2) is 16.7. The molecule has 0 unspecified atom stereocenters. The van der Waals surface area contributed by atoms with Crippen LogP contribution in [0.15, 0.2) is 76.3 Å². The number of rotatable bonds is 16. The third-order valence-electron chi connectivity index (χ3n) is 11.2. The highest BCUT2D eigenvalue weighted by atomic mass is 19.2. The predicted octanol–water partition coefficient (Wildman–Crippen LogP) is 7.81. The Morgan fingerprint density at radius 1 is 0.855 bits per heavy atom. The van der Waals surface area contributed by atoms with Crippen molar-refractivity contribution in [2.75, 3.05) is 6.54 Å². The highest BCUT2D eigenvalue weighted by Crippen LogP contribution is 2.41. The molecule has 5 aromatic rings. The maximum atomic E-state index is 14.2. The van der Waals surface area contributed by atoms with Crippen molar-refractivity contribution in [1.82, 2.24) is 9.46 Å². The summed E-state index contributed by atoms with van der Waals surface area (Å²) in [6.07, 6.45) is 13.7. The molecule has 0 bridgehead atoms. The Morgan fingerprint density at radius 3 is 2.07 bits per heavy atom. The number of aromatic nitrogens is 2. The zero-order chi connectivity index (χ0) is 39.4. The van der Waals surface area contributed by atoms with Gasteiger partial charge in [0.2, 0.25) is 16.5 Å². The van der Waals surface area contributed by atoms with Crippen LogP contribution in [0.25, 0.3) is 11.6 Å². The Morgan fingerprint density at radius 2 is 1.49 bits per heavy atom. The number of unbranched alkanes of at least 4 members (excludes halogenated alkanes) is 9. The lowest BCUT2D eigenvalue weighted by Crippen LogP contribution is -2.51. The number of carboxylic acid groups (broad SMARTS) is 1. The number of hydrogen-bond donors (Lipinski definition) is 2. The fourth-order valence-corrected chi connectivity index (χ4v) is 8.12. The molecule has 7 nitrogen and oxygen atoms in total. The first-order chi connectivity index (χ1) is 26.3. The third-order valence-corrected chi connectivity index (χ3v) is 11.2. The van der Waals surface area contributed by atoms with Crippen LogP contribution in [0.5, 0.6) is 0 Å². The zero-order valence-electron chi connectivity index (χ0n) is 32.6. The van der Waals surface area contributed by atoms with Crippen molar-refractivity contribution in [2.45, 2.75) is 104 Å². The molecule has 55 heavy (non-hydrogen) atoms. The number of hydrogen-bond acceptors (Lipinski definition) is 3. The molecule has 0 spiro atoms. The Hall–Kier alpha value is -5.12. The van der Waals surface area contributed by atoms with Gasteiger partial charge in [-0.15, -0.1) is 0 Å². The number of H-pyrrole nitrogens is 1. The second-order valence-electron chi connectivity index (χ2n) is 15.5. The minimum absolute atomic E-state index is 0.0881. The minimum atomic E-state index is -2.73. The molecule has 3 aromatic carbocycles. The van der Waals surface area contributed by atoms with E-state index >= 15 is 0 Å². The molecular weight excluding hydrogens is 695 g/mol. The van der Waals surface area contributed by atoms with Crippen LogP contribution in [0.2, 0.25) is 0 Å². The van der Waals surface area contributed by atoms with Gasteiger partial charge in [0.25, 0.3) is 0 Å². The highest BCUT2D eigenvalue weighted by Gasteiger charge is 2.45. The first kappa shape index (κ1) is 39.6. The molecule has 286 valence electrons. The van der Waals surface area contributed by atoms with Crippen molar-refractivity contribution < 1.29 is 23.1 Å². The summed E-state index contributed by atoms with van der Waals surface area (Å²) in [6.45, 7) is 10.5. The Labute approximate surface area is 321 Å². The number of carboxylic acids is 1. The van der Waals surface area contributed by atoms with E-state index in [1.165, 1.54) is 44.9 Å². The molecule has 0 aliphatic carbocycles. The molecule has 2 aromatic heterocycles. The summed E-state index contributed by atoms with van der Waals surface area (Å²) in [4.78, 5) is 42.8. The molecule has 3 heterocycles. The normalized spacial score (nSPS) is 13.4. The number of nitrogens with zero attached hydrogens (tertiary/aromatic N) is 2. The van der Waals surface area contributed by atoms with E-state index in [0.717, 1.165) is 46.4 Å². The quantitative estimate of drug-likeness (QED) is 0.0612. The van der Waals surface area contributed by atoms with E-state index < -0.39 is 18.8 Å². The van der Waals surface area contributed by atoms with Crippen molar-refractivity contribution in [3.05, 3.63) is 142 Å². The van der Waals surface area contributed by atoms with Gasteiger partial charge in [-0.05, 0) is 81.0 Å². The van der Waals surface area contributed by atoms with E-state index in [1.807, 2.05) is 39.0 Å². The molecular formula is C45H51BF2N3O4+. The number of carbonyl (C=O) groups is 1. The lowest BCUT2D eigenvalue weighted by atomic mass is 9.80. The number of aryl methyl sites for hydroxylation is 2. The van der Waals surface area contributed by atoms with Gasteiger partial charge in [-0.1, -0.05) is 82.6 Å². The summed E-state index contributed by atoms with van der Waals surface area (Å²) in [6, 6.07) is 19.1. The van der Waals surface area contributed by atoms with E-state index in [1.54, 1.807) is 61.5 Å². The first-order valence-electron chi connectivity index (χ1n) is 19.7. The van der Waals surface area contributed by atoms with Gasteiger partial charge in [0.05, 0.1) is 21.4 Å². The van der Waals surface area contributed by atoms with Gasteiger partial charge in [0, 0.05) is 52.5 Å². The van der Waals surface area contributed by atoms with E-state index in [4.69, 9.17) is 0 Å².